The average molecular weight is 469 g/mol. The van der Waals surface area contributed by atoms with Gasteiger partial charge >= 0.3 is 12.1 Å². The van der Waals surface area contributed by atoms with Crippen LogP contribution in [0.4, 0.5) is 4.79 Å². The Kier molecular flexibility index (Phi) is 9.04. The van der Waals surface area contributed by atoms with Crippen LogP contribution < -0.4 is 10.6 Å². The second kappa shape index (κ2) is 12.2. The van der Waals surface area contributed by atoms with Crippen molar-refractivity contribution >= 4 is 18.0 Å². The van der Waals surface area contributed by atoms with E-state index in [0.29, 0.717) is 12.8 Å². The van der Waals surface area contributed by atoms with Crippen LogP contribution in [0.15, 0.2) is 48.5 Å². The number of carboxylic acids is 1. The maximum absolute atomic E-state index is 12.8. The van der Waals surface area contributed by atoms with Gasteiger partial charge in [0.1, 0.15) is 12.6 Å². The summed E-state index contributed by atoms with van der Waals surface area (Å²) in [5.74, 6) is -1.67. The molecule has 3 rings (SSSR count). The summed E-state index contributed by atoms with van der Waals surface area (Å²) in [6, 6.07) is 14.6. The standard InChI is InChI=1S/C26H32N2O6/c1-2-7-17(14-15-29)27-25(32)23(12-13-24(30)31)28-26(33)34-16-22-20-10-5-3-8-18(20)19-9-4-6-11-21(19)22/h3-6,8-11,17,22-23,29H,2,7,12-16H2,1H3,(H,27,32)(H,28,33)(H,30,31). The van der Waals surface area contributed by atoms with Crippen LogP contribution in [0.25, 0.3) is 11.1 Å². The SMILES string of the molecule is CCCC(CCO)NC(=O)C(CCC(=O)O)NC(=O)OCC1c2ccccc2-c2ccccc21. The highest BCUT2D eigenvalue weighted by Gasteiger charge is 2.30. The van der Waals surface area contributed by atoms with Crippen molar-refractivity contribution in [3.8, 4) is 11.1 Å². The number of nitrogens with one attached hydrogen (secondary N) is 2. The van der Waals surface area contributed by atoms with Crippen LogP contribution >= 0.6 is 0 Å². The second-order valence-corrected chi connectivity index (χ2v) is 8.46. The van der Waals surface area contributed by atoms with Crippen molar-refractivity contribution in [3.63, 3.8) is 0 Å². The Labute approximate surface area is 199 Å². The fourth-order valence-corrected chi connectivity index (χ4v) is 4.41. The minimum absolute atomic E-state index is 0.0661. The summed E-state index contributed by atoms with van der Waals surface area (Å²) in [7, 11) is 0. The van der Waals surface area contributed by atoms with Gasteiger partial charge in [-0.05, 0) is 41.5 Å². The number of carboxylic acid groups (broad SMARTS) is 1. The van der Waals surface area contributed by atoms with Crippen molar-refractivity contribution in [1.29, 1.82) is 0 Å². The average Bonchev–Trinajstić information content (AvgIpc) is 3.14. The summed E-state index contributed by atoms with van der Waals surface area (Å²) in [6.07, 6.45) is 0.745. The number of benzene rings is 2. The molecule has 2 atom stereocenters. The van der Waals surface area contributed by atoms with E-state index in [1.807, 2.05) is 55.5 Å². The van der Waals surface area contributed by atoms with Crippen molar-refractivity contribution < 1.29 is 29.3 Å². The van der Waals surface area contributed by atoms with Gasteiger partial charge in [-0.2, -0.15) is 0 Å². The minimum atomic E-state index is -1.06. The van der Waals surface area contributed by atoms with Crippen molar-refractivity contribution in [1.82, 2.24) is 10.6 Å². The van der Waals surface area contributed by atoms with Crippen LogP contribution in [0.3, 0.4) is 0 Å². The Balaban J connectivity index is 1.65. The molecule has 0 radical (unpaired) electrons. The zero-order chi connectivity index (χ0) is 24.5. The van der Waals surface area contributed by atoms with Crippen LogP contribution in [0.1, 0.15) is 56.1 Å². The van der Waals surface area contributed by atoms with Gasteiger partial charge in [-0.15, -0.1) is 0 Å². The van der Waals surface area contributed by atoms with Crippen LogP contribution in [0.2, 0.25) is 0 Å². The van der Waals surface area contributed by atoms with E-state index >= 15 is 0 Å². The first kappa shape index (κ1) is 25.2. The van der Waals surface area contributed by atoms with E-state index in [2.05, 4.69) is 10.6 Å². The normalized spacial score (nSPS) is 13.9. The summed E-state index contributed by atoms with van der Waals surface area (Å²) in [4.78, 5) is 36.5. The van der Waals surface area contributed by atoms with Gasteiger partial charge in [0, 0.05) is 25.0 Å². The van der Waals surface area contributed by atoms with Gasteiger partial charge in [-0.25, -0.2) is 4.79 Å². The van der Waals surface area contributed by atoms with E-state index in [9.17, 15) is 19.5 Å². The highest BCUT2D eigenvalue weighted by atomic mass is 16.5. The lowest BCUT2D eigenvalue weighted by molar-refractivity contribution is -0.137. The number of amides is 2. The lowest BCUT2D eigenvalue weighted by Crippen LogP contribution is -2.50. The molecule has 1 aliphatic carbocycles. The van der Waals surface area contributed by atoms with E-state index in [-0.39, 0.29) is 38.0 Å². The molecule has 8 heteroatoms. The minimum Gasteiger partial charge on any atom is -0.481 e. The van der Waals surface area contributed by atoms with E-state index in [1.54, 1.807) is 0 Å². The highest BCUT2D eigenvalue weighted by Crippen LogP contribution is 2.44. The predicted molar refractivity (Wildman–Crippen MR) is 127 cm³/mol. The number of ether oxygens (including phenoxy) is 1. The molecule has 0 aromatic heterocycles. The molecule has 2 unspecified atom stereocenters. The number of hydrogen-bond acceptors (Lipinski definition) is 5. The number of hydrogen-bond donors (Lipinski definition) is 4. The monoisotopic (exact) mass is 468 g/mol. The van der Waals surface area contributed by atoms with E-state index < -0.39 is 24.0 Å². The van der Waals surface area contributed by atoms with Crippen molar-refractivity contribution in [3.05, 3.63) is 59.7 Å². The van der Waals surface area contributed by atoms with Crippen LogP contribution in [-0.4, -0.2) is 53.5 Å². The number of fused-ring (bicyclic) bond motifs is 3. The Morgan fingerprint density at radius 2 is 1.56 bits per heavy atom. The predicted octanol–water partition coefficient (Wildman–Crippen LogP) is 3.43. The molecular formula is C26H32N2O6. The van der Waals surface area contributed by atoms with Crippen LogP contribution in [0.5, 0.6) is 0 Å². The summed E-state index contributed by atoms with van der Waals surface area (Å²) in [5, 5.41) is 23.6. The molecule has 0 saturated heterocycles. The fraction of sp³-hybridized carbons (Fsp3) is 0.423. The highest BCUT2D eigenvalue weighted by molar-refractivity contribution is 5.86. The summed E-state index contributed by atoms with van der Waals surface area (Å²) in [5.41, 5.74) is 4.36. The zero-order valence-electron chi connectivity index (χ0n) is 19.3. The number of aliphatic hydroxyl groups excluding tert-OH is 1. The molecule has 0 spiro atoms. The lowest BCUT2D eigenvalue weighted by atomic mass is 9.98. The van der Waals surface area contributed by atoms with Gasteiger partial charge < -0.3 is 25.6 Å². The van der Waals surface area contributed by atoms with Crippen molar-refractivity contribution in [2.24, 2.45) is 0 Å². The van der Waals surface area contributed by atoms with E-state index in [1.165, 1.54) is 0 Å². The Hall–Kier alpha value is -3.39. The quantitative estimate of drug-likeness (QED) is 0.378. The molecule has 0 aliphatic heterocycles. The van der Waals surface area contributed by atoms with E-state index in [0.717, 1.165) is 28.7 Å². The molecular weight excluding hydrogens is 436 g/mol. The molecule has 0 bridgehead atoms. The number of carbonyl (C=O) groups is 3. The summed E-state index contributed by atoms with van der Waals surface area (Å²) >= 11 is 0. The maximum atomic E-state index is 12.8. The number of carbonyl (C=O) groups excluding carboxylic acids is 2. The third-order valence-corrected chi connectivity index (χ3v) is 6.06. The van der Waals surface area contributed by atoms with Crippen molar-refractivity contribution in [2.45, 2.75) is 57.0 Å². The third kappa shape index (κ3) is 6.35. The first-order chi connectivity index (χ1) is 16.4. The topological polar surface area (TPSA) is 125 Å². The van der Waals surface area contributed by atoms with E-state index in [4.69, 9.17) is 9.84 Å². The molecule has 8 nitrogen and oxygen atoms in total. The molecule has 2 amide bonds. The molecule has 0 heterocycles. The first-order valence-electron chi connectivity index (χ1n) is 11.7. The zero-order valence-corrected chi connectivity index (χ0v) is 19.3. The van der Waals surface area contributed by atoms with Gasteiger partial charge in [0.15, 0.2) is 0 Å². The Bertz CT molecular complexity index is 957. The van der Waals surface area contributed by atoms with Gasteiger partial charge in [0.05, 0.1) is 0 Å². The van der Waals surface area contributed by atoms with Gasteiger partial charge in [-0.1, -0.05) is 61.9 Å². The largest absolute Gasteiger partial charge is 0.481 e. The first-order valence-corrected chi connectivity index (χ1v) is 11.7. The maximum Gasteiger partial charge on any atom is 0.407 e. The number of rotatable bonds is 12. The molecule has 182 valence electrons. The Morgan fingerprint density at radius 3 is 2.12 bits per heavy atom. The van der Waals surface area contributed by atoms with Crippen LogP contribution in [-0.2, 0) is 14.3 Å². The summed E-state index contributed by atoms with van der Waals surface area (Å²) < 4.78 is 5.51. The fourth-order valence-electron chi connectivity index (χ4n) is 4.41. The van der Waals surface area contributed by atoms with Gasteiger partial charge in [-0.3, -0.25) is 9.59 Å². The van der Waals surface area contributed by atoms with Gasteiger partial charge in [0.2, 0.25) is 5.91 Å². The molecule has 4 N–H and O–H groups in total. The second-order valence-electron chi connectivity index (χ2n) is 8.46. The molecule has 2 aromatic rings. The molecule has 0 saturated carbocycles. The Morgan fingerprint density at radius 1 is 0.941 bits per heavy atom. The molecule has 2 aromatic carbocycles. The number of aliphatic hydroxyl groups is 1. The lowest BCUT2D eigenvalue weighted by Gasteiger charge is -2.23. The smallest absolute Gasteiger partial charge is 0.407 e. The third-order valence-electron chi connectivity index (χ3n) is 6.06. The molecule has 1 aliphatic rings. The number of alkyl carbamates (subject to hydrolysis) is 1. The van der Waals surface area contributed by atoms with Gasteiger partial charge in [0.25, 0.3) is 0 Å². The summed E-state index contributed by atoms with van der Waals surface area (Å²) in [6.45, 7) is 1.98. The number of aliphatic carboxylic acids is 1. The molecule has 0 fully saturated rings. The van der Waals surface area contributed by atoms with Crippen molar-refractivity contribution in [2.75, 3.05) is 13.2 Å². The molecule has 34 heavy (non-hydrogen) atoms. The van der Waals surface area contributed by atoms with Crippen LogP contribution in [0, 0.1) is 0 Å².